The topological polar surface area (TPSA) is 92.5 Å². The summed E-state index contributed by atoms with van der Waals surface area (Å²) in [5.41, 5.74) is 3.71. The maximum atomic E-state index is 6.57. The highest BCUT2D eigenvalue weighted by molar-refractivity contribution is 6.36. The van der Waals surface area contributed by atoms with Gasteiger partial charge in [-0.1, -0.05) is 29.3 Å². The third-order valence-electron chi connectivity index (χ3n) is 6.62. The Balaban J connectivity index is 1.44. The van der Waals surface area contributed by atoms with Gasteiger partial charge in [-0.25, -0.2) is 9.98 Å². The molecular weight excluding hydrogens is 511 g/mol. The molecule has 1 saturated heterocycles. The molecule has 9 nitrogen and oxygen atoms in total. The molecule has 190 valence electrons. The second-order valence-electron chi connectivity index (χ2n) is 8.96. The van der Waals surface area contributed by atoms with Crippen LogP contribution in [-0.2, 0) is 6.54 Å². The summed E-state index contributed by atoms with van der Waals surface area (Å²) in [6.07, 6.45) is 2.78. The predicted octanol–water partition coefficient (Wildman–Crippen LogP) is 4.22. The number of aromatic nitrogens is 4. The zero-order valence-electron chi connectivity index (χ0n) is 20.3. The Hall–Kier alpha value is -3.40. The summed E-state index contributed by atoms with van der Waals surface area (Å²) in [7, 11) is 1.60. The van der Waals surface area contributed by atoms with E-state index in [1.165, 1.54) is 0 Å². The van der Waals surface area contributed by atoms with Crippen molar-refractivity contribution < 1.29 is 4.74 Å². The summed E-state index contributed by atoms with van der Waals surface area (Å²) in [6.45, 7) is 5.36. The number of piperazine rings is 1. The van der Waals surface area contributed by atoms with E-state index in [-0.39, 0.29) is 0 Å². The van der Waals surface area contributed by atoms with Crippen LogP contribution in [0.3, 0.4) is 0 Å². The third-order valence-corrected chi connectivity index (χ3v) is 7.16. The molecule has 0 radical (unpaired) electrons. The van der Waals surface area contributed by atoms with Crippen molar-refractivity contribution in [2.24, 2.45) is 4.99 Å². The van der Waals surface area contributed by atoms with Crippen molar-refractivity contribution in [3.63, 3.8) is 0 Å². The molecule has 0 bridgehead atoms. The van der Waals surface area contributed by atoms with E-state index in [1.807, 2.05) is 24.3 Å². The summed E-state index contributed by atoms with van der Waals surface area (Å²) in [4.78, 5) is 21.0. The van der Waals surface area contributed by atoms with E-state index >= 15 is 0 Å². The van der Waals surface area contributed by atoms with E-state index < -0.39 is 0 Å². The molecule has 11 heteroatoms. The van der Waals surface area contributed by atoms with Crippen LogP contribution in [0.1, 0.15) is 6.42 Å². The first-order chi connectivity index (χ1) is 18.1. The van der Waals surface area contributed by atoms with Gasteiger partial charge >= 0.3 is 0 Å². The van der Waals surface area contributed by atoms with Crippen LogP contribution in [0.4, 0.5) is 17.3 Å². The molecule has 37 heavy (non-hydrogen) atoms. The van der Waals surface area contributed by atoms with E-state index in [9.17, 15) is 0 Å². The number of benzene rings is 1. The molecule has 0 amide bonds. The van der Waals surface area contributed by atoms with Crippen LogP contribution >= 0.6 is 23.2 Å². The largest absolute Gasteiger partial charge is 0.479 e. The van der Waals surface area contributed by atoms with Crippen molar-refractivity contribution in [1.29, 1.82) is 0 Å². The average molecular weight is 537 g/mol. The van der Waals surface area contributed by atoms with Gasteiger partial charge in [-0.15, -0.1) is 0 Å². The van der Waals surface area contributed by atoms with Gasteiger partial charge in [-0.05, 0) is 36.8 Å². The van der Waals surface area contributed by atoms with Crippen molar-refractivity contribution in [3.8, 4) is 28.4 Å². The number of pyridine rings is 2. The smallest absolute Gasteiger partial charge is 0.252 e. The van der Waals surface area contributed by atoms with E-state index in [4.69, 9.17) is 42.9 Å². The molecule has 0 saturated carbocycles. The first-order valence-electron chi connectivity index (χ1n) is 12.3. The SMILES string of the molecule is COc1nc(N2CCNCC2)ccc1N=c1ncc2cc(-c3ccc(Cl)cc3Cl)c3n(c-2n1)CCCN3. The van der Waals surface area contributed by atoms with Gasteiger partial charge in [-0.3, -0.25) is 0 Å². The summed E-state index contributed by atoms with van der Waals surface area (Å²) in [5.74, 6) is 3.09. The summed E-state index contributed by atoms with van der Waals surface area (Å²) in [6, 6.07) is 11.5. The van der Waals surface area contributed by atoms with Crippen LogP contribution in [0.5, 0.6) is 5.88 Å². The minimum Gasteiger partial charge on any atom is -0.479 e. The Morgan fingerprint density at radius 1 is 0.973 bits per heavy atom. The predicted molar refractivity (Wildman–Crippen MR) is 146 cm³/mol. The summed E-state index contributed by atoms with van der Waals surface area (Å²) >= 11 is 12.7. The highest BCUT2D eigenvalue weighted by Gasteiger charge is 2.22. The monoisotopic (exact) mass is 536 g/mol. The lowest BCUT2D eigenvalue weighted by Gasteiger charge is -2.28. The van der Waals surface area contributed by atoms with E-state index in [2.05, 4.69) is 31.2 Å². The van der Waals surface area contributed by atoms with Crippen LogP contribution in [0.2, 0.25) is 10.0 Å². The zero-order chi connectivity index (χ0) is 25.4. The Labute approximate surface area is 224 Å². The minimum absolute atomic E-state index is 0.347. The van der Waals surface area contributed by atoms with Crippen LogP contribution in [0.25, 0.3) is 22.5 Å². The van der Waals surface area contributed by atoms with Crippen LogP contribution in [0, 0.1) is 0 Å². The number of nitrogens with one attached hydrogen (secondary N) is 2. The second kappa shape index (κ2) is 10.2. The first kappa shape index (κ1) is 24.0. The normalized spacial score (nSPS) is 16.0. The molecule has 0 unspecified atom stereocenters. The Morgan fingerprint density at radius 2 is 1.84 bits per heavy atom. The van der Waals surface area contributed by atoms with Gasteiger partial charge < -0.3 is 24.8 Å². The molecule has 2 N–H and O–H groups in total. The fourth-order valence-corrected chi connectivity index (χ4v) is 5.33. The molecule has 0 spiro atoms. The number of nitrogens with zero attached hydrogens (tertiary/aromatic N) is 6. The van der Waals surface area contributed by atoms with Crippen molar-refractivity contribution in [2.45, 2.75) is 13.0 Å². The molecule has 1 aromatic heterocycles. The van der Waals surface area contributed by atoms with Gasteiger partial charge in [0.25, 0.3) is 5.62 Å². The first-order valence-corrected chi connectivity index (χ1v) is 13.0. The van der Waals surface area contributed by atoms with Gasteiger partial charge in [0, 0.05) is 67.2 Å². The highest BCUT2D eigenvalue weighted by Crippen LogP contribution is 2.40. The maximum absolute atomic E-state index is 6.57. The fourth-order valence-electron chi connectivity index (χ4n) is 4.82. The Kier molecular flexibility index (Phi) is 6.58. The lowest BCUT2D eigenvalue weighted by atomic mass is 10.0. The fraction of sp³-hybridized carbons (Fsp3) is 0.308. The molecule has 6 rings (SSSR count). The quantitative estimate of drug-likeness (QED) is 0.403. The molecule has 5 heterocycles. The maximum Gasteiger partial charge on any atom is 0.252 e. The molecular formula is C26H26Cl2N8O. The van der Waals surface area contributed by atoms with Crippen LogP contribution < -0.4 is 25.9 Å². The second-order valence-corrected chi connectivity index (χ2v) is 9.80. The number of rotatable bonds is 4. The molecule has 0 atom stereocenters. The van der Waals surface area contributed by atoms with Gasteiger partial charge in [0.1, 0.15) is 23.1 Å². The van der Waals surface area contributed by atoms with Crippen LogP contribution in [0.15, 0.2) is 47.6 Å². The Morgan fingerprint density at radius 3 is 2.65 bits per heavy atom. The van der Waals surface area contributed by atoms with E-state index in [0.29, 0.717) is 27.2 Å². The molecule has 4 aliphatic rings. The number of hydrogen-bond donors (Lipinski definition) is 2. The van der Waals surface area contributed by atoms with Crippen LogP contribution in [-0.4, -0.2) is 59.4 Å². The standard InChI is InChI=1S/C26H26Cl2N8O/c1-37-25-21(5-6-22(33-25)35-11-8-29-9-12-35)32-26-31-15-16-13-19(18-4-3-17(27)14-20(18)28)24-30-7-2-10-36(24)23(16)34-26/h3-6,13-15,29-30H,2,7-12H2,1H3. The number of methoxy groups -OCH3 is 1. The Bertz CT molecular complexity index is 1500. The minimum atomic E-state index is 0.347. The number of hydrogen-bond acceptors (Lipinski definition) is 8. The van der Waals surface area contributed by atoms with Crippen molar-refractivity contribution in [3.05, 3.63) is 58.3 Å². The molecule has 2 aromatic rings. The highest BCUT2D eigenvalue weighted by atomic mass is 35.5. The van der Waals surface area contributed by atoms with Crippen molar-refractivity contribution in [1.82, 2.24) is 24.8 Å². The summed E-state index contributed by atoms with van der Waals surface area (Å²) < 4.78 is 7.74. The summed E-state index contributed by atoms with van der Waals surface area (Å²) in [5, 5.41) is 8.08. The van der Waals surface area contributed by atoms with Gasteiger partial charge in [0.15, 0.2) is 0 Å². The van der Waals surface area contributed by atoms with Gasteiger partial charge in [0.2, 0.25) is 5.88 Å². The lowest BCUT2D eigenvalue weighted by Crippen LogP contribution is -2.43. The number of anilines is 2. The number of ether oxygens (including phenoxy) is 1. The van der Waals surface area contributed by atoms with Gasteiger partial charge in [0.05, 0.1) is 12.1 Å². The van der Waals surface area contributed by atoms with E-state index in [1.54, 1.807) is 19.4 Å². The molecule has 1 aromatic carbocycles. The number of halogens is 2. The van der Waals surface area contributed by atoms with Crippen molar-refractivity contribution in [2.75, 3.05) is 50.1 Å². The zero-order valence-corrected chi connectivity index (χ0v) is 21.9. The molecule has 0 aliphatic carbocycles. The molecule has 4 aliphatic heterocycles. The van der Waals surface area contributed by atoms with E-state index in [0.717, 1.165) is 79.8 Å². The average Bonchev–Trinajstić information content (AvgIpc) is 2.93. The lowest BCUT2D eigenvalue weighted by molar-refractivity contribution is 0.398. The number of fused-ring (bicyclic) bond motifs is 3. The third kappa shape index (κ3) is 4.70. The van der Waals surface area contributed by atoms with Crippen molar-refractivity contribution >= 4 is 40.5 Å². The molecule has 1 fully saturated rings. The van der Waals surface area contributed by atoms with Gasteiger partial charge in [-0.2, -0.15) is 9.97 Å².